The van der Waals surface area contributed by atoms with Crippen molar-refractivity contribution in [1.82, 2.24) is 20.0 Å². The van der Waals surface area contributed by atoms with E-state index in [1.54, 1.807) is 13.1 Å². The summed E-state index contributed by atoms with van der Waals surface area (Å²) in [7, 11) is 1.77. The van der Waals surface area contributed by atoms with Crippen molar-refractivity contribution in [2.45, 2.75) is 0 Å². The predicted octanol–water partition coefficient (Wildman–Crippen LogP) is 1.32. The molecule has 0 aliphatic rings. The molecule has 2 heterocycles. The van der Waals surface area contributed by atoms with Crippen LogP contribution in [0.1, 0.15) is 5.56 Å². The summed E-state index contributed by atoms with van der Waals surface area (Å²) >= 11 is 0. The summed E-state index contributed by atoms with van der Waals surface area (Å²) in [5.74, 6) is 0. The largest absolute Gasteiger partial charge is 0.336 e. The van der Waals surface area contributed by atoms with Gasteiger partial charge in [0.25, 0.3) is 0 Å². The number of aromatic amines is 1. The van der Waals surface area contributed by atoms with Gasteiger partial charge in [-0.05, 0) is 18.2 Å². The summed E-state index contributed by atoms with van der Waals surface area (Å²) in [6.07, 6.45) is 0. The number of nitriles is 1. The third-order valence-electron chi connectivity index (χ3n) is 2.37. The minimum absolute atomic E-state index is 0.633. The van der Waals surface area contributed by atoms with Crippen LogP contribution in [0.2, 0.25) is 0 Å². The van der Waals surface area contributed by atoms with Gasteiger partial charge in [0.2, 0.25) is 0 Å². The summed E-state index contributed by atoms with van der Waals surface area (Å²) in [5, 5.41) is 18.2. The Morgan fingerprint density at radius 2 is 2.27 bits per heavy atom. The Kier molecular flexibility index (Phi) is 1.37. The van der Waals surface area contributed by atoms with Crippen LogP contribution in [0.15, 0.2) is 18.2 Å². The van der Waals surface area contributed by atoms with Crippen molar-refractivity contribution in [2.24, 2.45) is 7.05 Å². The maximum atomic E-state index is 8.81. The highest BCUT2D eigenvalue weighted by molar-refractivity contribution is 6.03. The van der Waals surface area contributed by atoms with Gasteiger partial charge in [-0.3, -0.25) is 0 Å². The molecule has 0 radical (unpaired) electrons. The van der Waals surface area contributed by atoms with E-state index in [0.717, 1.165) is 22.1 Å². The summed E-state index contributed by atoms with van der Waals surface area (Å²) in [6.45, 7) is 0. The minimum atomic E-state index is 0.633. The highest BCUT2D eigenvalue weighted by atomic mass is 15.5. The van der Waals surface area contributed by atoms with Crippen molar-refractivity contribution in [3.8, 4) is 6.07 Å². The summed E-state index contributed by atoms with van der Waals surface area (Å²) in [4.78, 5) is 4.66. The van der Waals surface area contributed by atoms with Crippen LogP contribution in [0.4, 0.5) is 0 Å². The van der Waals surface area contributed by atoms with Crippen LogP contribution in [-0.2, 0) is 7.05 Å². The number of rotatable bonds is 0. The van der Waals surface area contributed by atoms with Gasteiger partial charge in [-0.2, -0.15) is 15.2 Å². The Balaban J connectivity index is 2.49. The molecule has 0 bridgehead atoms. The van der Waals surface area contributed by atoms with Crippen molar-refractivity contribution < 1.29 is 0 Å². The molecule has 3 rings (SSSR count). The molecule has 2 aromatic heterocycles. The van der Waals surface area contributed by atoms with Crippen molar-refractivity contribution >= 4 is 22.1 Å². The van der Waals surface area contributed by atoms with E-state index in [-0.39, 0.29) is 0 Å². The van der Waals surface area contributed by atoms with Crippen LogP contribution < -0.4 is 0 Å². The first-order chi connectivity index (χ1) is 7.28. The standard InChI is InChI=1S/C10H7N5/c1-15-13-9-7-4-6(5-11)2-3-8(7)12-10(9)14-15/h2-4H,1H3,(H,12,14). The Hall–Kier alpha value is -2.35. The van der Waals surface area contributed by atoms with E-state index in [4.69, 9.17) is 5.26 Å². The normalized spacial score (nSPS) is 10.9. The van der Waals surface area contributed by atoms with Crippen LogP contribution in [-0.4, -0.2) is 20.0 Å². The van der Waals surface area contributed by atoms with Gasteiger partial charge < -0.3 is 4.98 Å². The lowest BCUT2D eigenvalue weighted by Gasteiger charge is -1.90. The molecule has 0 aliphatic carbocycles. The molecular weight excluding hydrogens is 190 g/mol. The fourth-order valence-corrected chi connectivity index (χ4v) is 1.72. The number of hydrogen-bond acceptors (Lipinski definition) is 3. The molecule has 1 N–H and O–H groups in total. The molecule has 5 nitrogen and oxygen atoms in total. The lowest BCUT2D eigenvalue weighted by atomic mass is 10.2. The first-order valence-electron chi connectivity index (χ1n) is 4.51. The third-order valence-corrected chi connectivity index (χ3v) is 2.37. The first kappa shape index (κ1) is 8.00. The second-order valence-corrected chi connectivity index (χ2v) is 3.38. The molecule has 0 fully saturated rings. The van der Waals surface area contributed by atoms with Gasteiger partial charge in [0.1, 0.15) is 5.52 Å². The molecule has 0 unspecified atom stereocenters. The Bertz CT molecular complexity index is 698. The van der Waals surface area contributed by atoms with Crippen LogP contribution in [0.25, 0.3) is 22.1 Å². The van der Waals surface area contributed by atoms with Crippen LogP contribution in [0.3, 0.4) is 0 Å². The van der Waals surface area contributed by atoms with Gasteiger partial charge in [0.15, 0.2) is 5.65 Å². The zero-order chi connectivity index (χ0) is 10.4. The fraction of sp³-hybridized carbons (Fsp3) is 0.100. The van der Waals surface area contributed by atoms with E-state index in [2.05, 4.69) is 21.3 Å². The number of fused-ring (bicyclic) bond motifs is 3. The number of H-pyrrole nitrogens is 1. The van der Waals surface area contributed by atoms with Crippen LogP contribution in [0, 0.1) is 11.3 Å². The fourth-order valence-electron chi connectivity index (χ4n) is 1.72. The zero-order valence-corrected chi connectivity index (χ0v) is 8.02. The second-order valence-electron chi connectivity index (χ2n) is 3.38. The number of nitrogens with zero attached hydrogens (tertiary/aromatic N) is 4. The Labute approximate surface area is 84.9 Å². The molecule has 0 atom stereocenters. The quantitative estimate of drug-likeness (QED) is 0.590. The molecule has 0 spiro atoms. The molecule has 0 saturated heterocycles. The monoisotopic (exact) mass is 197 g/mol. The Morgan fingerprint density at radius 1 is 1.40 bits per heavy atom. The van der Waals surface area contributed by atoms with Gasteiger partial charge in [-0.25, -0.2) is 0 Å². The lowest BCUT2D eigenvalue weighted by molar-refractivity contribution is 0.663. The van der Waals surface area contributed by atoms with Crippen molar-refractivity contribution in [2.75, 3.05) is 0 Å². The van der Waals surface area contributed by atoms with Gasteiger partial charge in [-0.15, -0.1) is 5.10 Å². The first-order valence-corrected chi connectivity index (χ1v) is 4.51. The van der Waals surface area contributed by atoms with Gasteiger partial charge in [0.05, 0.1) is 11.6 Å². The average Bonchev–Trinajstić information content (AvgIpc) is 2.73. The lowest BCUT2D eigenvalue weighted by Crippen LogP contribution is -1.91. The van der Waals surface area contributed by atoms with E-state index in [1.807, 2.05) is 12.1 Å². The van der Waals surface area contributed by atoms with E-state index < -0.39 is 0 Å². The topological polar surface area (TPSA) is 70.3 Å². The van der Waals surface area contributed by atoms with E-state index in [1.165, 1.54) is 4.80 Å². The Morgan fingerprint density at radius 3 is 3.07 bits per heavy atom. The van der Waals surface area contributed by atoms with E-state index in [9.17, 15) is 0 Å². The molecular formula is C10H7N5. The average molecular weight is 197 g/mol. The number of aryl methyl sites for hydroxylation is 1. The van der Waals surface area contributed by atoms with Crippen molar-refractivity contribution in [1.29, 1.82) is 5.26 Å². The second kappa shape index (κ2) is 2.58. The molecule has 3 aromatic rings. The molecule has 5 heteroatoms. The zero-order valence-electron chi connectivity index (χ0n) is 8.02. The van der Waals surface area contributed by atoms with E-state index >= 15 is 0 Å². The number of benzene rings is 1. The summed E-state index contributed by atoms with van der Waals surface area (Å²) in [5.41, 5.74) is 3.15. The third kappa shape index (κ3) is 1.02. The van der Waals surface area contributed by atoms with Crippen LogP contribution in [0.5, 0.6) is 0 Å². The molecule has 1 aromatic carbocycles. The van der Waals surface area contributed by atoms with Gasteiger partial charge in [0, 0.05) is 18.0 Å². The molecule has 0 saturated carbocycles. The minimum Gasteiger partial charge on any atom is -0.336 e. The highest BCUT2D eigenvalue weighted by Gasteiger charge is 2.09. The van der Waals surface area contributed by atoms with Gasteiger partial charge in [-0.1, -0.05) is 0 Å². The molecule has 0 amide bonds. The van der Waals surface area contributed by atoms with E-state index in [0.29, 0.717) is 5.56 Å². The molecule has 0 aliphatic heterocycles. The maximum Gasteiger partial charge on any atom is 0.181 e. The smallest absolute Gasteiger partial charge is 0.181 e. The SMILES string of the molecule is Cn1nc2[nH]c3ccc(C#N)cc3c2n1. The summed E-state index contributed by atoms with van der Waals surface area (Å²) in [6, 6.07) is 7.58. The number of nitrogens with one attached hydrogen (secondary N) is 1. The van der Waals surface area contributed by atoms with Crippen molar-refractivity contribution in [3.05, 3.63) is 23.8 Å². The predicted molar refractivity (Wildman–Crippen MR) is 55.1 cm³/mol. The summed E-state index contributed by atoms with van der Waals surface area (Å²) < 4.78 is 0. The number of hydrogen-bond donors (Lipinski definition) is 1. The maximum absolute atomic E-state index is 8.81. The van der Waals surface area contributed by atoms with Crippen molar-refractivity contribution in [3.63, 3.8) is 0 Å². The number of aromatic nitrogens is 4. The highest BCUT2D eigenvalue weighted by Crippen LogP contribution is 2.22. The molecule has 72 valence electrons. The van der Waals surface area contributed by atoms with Gasteiger partial charge >= 0.3 is 0 Å². The van der Waals surface area contributed by atoms with Crippen LogP contribution >= 0.6 is 0 Å². The molecule has 15 heavy (non-hydrogen) atoms.